The fourth-order valence-electron chi connectivity index (χ4n) is 2.91. The van der Waals surface area contributed by atoms with E-state index in [1.807, 2.05) is 30.5 Å². The summed E-state index contributed by atoms with van der Waals surface area (Å²) < 4.78 is 11.1. The van der Waals surface area contributed by atoms with Crippen LogP contribution >= 0.6 is 23.1 Å². The first-order valence-electron chi connectivity index (χ1n) is 7.32. The van der Waals surface area contributed by atoms with Gasteiger partial charge >= 0.3 is 0 Å². The number of thiophene rings is 1. The Morgan fingerprint density at radius 3 is 2.39 bits per heavy atom. The molecule has 6 heteroatoms. The van der Waals surface area contributed by atoms with E-state index in [4.69, 9.17) is 9.47 Å². The number of hydrogen-bond donors (Lipinski definition) is 1. The van der Waals surface area contributed by atoms with Crippen LogP contribution in [0.3, 0.4) is 0 Å². The van der Waals surface area contributed by atoms with E-state index in [0.717, 1.165) is 17.1 Å². The van der Waals surface area contributed by atoms with Crippen molar-refractivity contribution in [2.45, 2.75) is 23.5 Å². The van der Waals surface area contributed by atoms with Crippen LogP contribution in [-0.2, 0) is 16.1 Å². The monoisotopic (exact) mass is 349 g/mol. The van der Waals surface area contributed by atoms with Gasteiger partial charge in [0, 0.05) is 6.42 Å². The number of amides is 1. The van der Waals surface area contributed by atoms with Crippen molar-refractivity contribution in [2.75, 3.05) is 14.2 Å². The Hall–Kier alpha value is -1.66. The number of carbonyl (C=O) groups is 1. The number of nitrogens with one attached hydrogen (secondary N) is 1. The number of benzene rings is 1. The Kier molecular flexibility index (Phi) is 4.55. The van der Waals surface area contributed by atoms with Crippen molar-refractivity contribution in [3.63, 3.8) is 0 Å². The lowest BCUT2D eigenvalue weighted by atomic mass is 9.97. The predicted octanol–water partition coefficient (Wildman–Crippen LogP) is 3.41. The average Bonchev–Trinajstić information content (AvgIpc) is 3.15. The molecule has 0 bridgehead atoms. The van der Waals surface area contributed by atoms with Gasteiger partial charge in [0.25, 0.3) is 0 Å². The number of hydrogen-bond acceptors (Lipinski definition) is 5. The van der Waals surface area contributed by atoms with Gasteiger partial charge in [0.15, 0.2) is 0 Å². The van der Waals surface area contributed by atoms with E-state index in [-0.39, 0.29) is 11.2 Å². The van der Waals surface area contributed by atoms with Gasteiger partial charge in [0.05, 0.1) is 25.0 Å². The van der Waals surface area contributed by atoms with Gasteiger partial charge in [-0.15, -0.1) is 11.8 Å². The molecule has 1 saturated heterocycles. The number of carbonyl (C=O) groups excluding carboxylic acids is 1. The molecule has 1 aliphatic rings. The Morgan fingerprint density at radius 1 is 1.22 bits per heavy atom. The van der Waals surface area contributed by atoms with Crippen LogP contribution in [0.5, 0.6) is 11.5 Å². The third-order valence-corrected chi connectivity index (χ3v) is 6.09. The standard InChI is InChI=1S/C17H19NO3S2/c1-11-16(19)18-17(23-11,9-12-7-8-22-10-12)15-13(20-2)5-4-6-14(15)21-3/h4-8,10-11H,9H2,1-3H3,(H,18,19). The Bertz CT molecular complexity index is 680. The molecule has 1 aromatic heterocycles. The molecule has 1 aliphatic heterocycles. The molecule has 1 aromatic carbocycles. The molecule has 122 valence electrons. The van der Waals surface area contributed by atoms with Crippen LogP contribution < -0.4 is 14.8 Å². The summed E-state index contributed by atoms with van der Waals surface area (Å²) in [5, 5.41) is 7.23. The molecule has 2 aromatic rings. The Balaban J connectivity index is 2.15. The summed E-state index contributed by atoms with van der Waals surface area (Å²) in [5.41, 5.74) is 2.07. The molecule has 1 amide bonds. The van der Waals surface area contributed by atoms with Crippen molar-refractivity contribution in [3.8, 4) is 11.5 Å². The van der Waals surface area contributed by atoms with Crippen LogP contribution in [0.1, 0.15) is 18.1 Å². The zero-order chi connectivity index (χ0) is 16.4. The zero-order valence-corrected chi connectivity index (χ0v) is 14.9. The fourth-order valence-corrected chi connectivity index (χ4v) is 5.08. The van der Waals surface area contributed by atoms with Crippen LogP contribution in [-0.4, -0.2) is 25.4 Å². The molecule has 2 heterocycles. The van der Waals surface area contributed by atoms with E-state index < -0.39 is 4.87 Å². The summed E-state index contributed by atoms with van der Waals surface area (Å²) in [6.45, 7) is 1.93. The molecule has 1 fully saturated rings. The molecule has 2 atom stereocenters. The molecule has 23 heavy (non-hydrogen) atoms. The second kappa shape index (κ2) is 6.45. The highest BCUT2D eigenvalue weighted by Gasteiger charge is 2.47. The van der Waals surface area contributed by atoms with Gasteiger partial charge in [-0.25, -0.2) is 0 Å². The highest BCUT2D eigenvalue weighted by molar-refractivity contribution is 8.02. The predicted molar refractivity (Wildman–Crippen MR) is 94.4 cm³/mol. The van der Waals surface area contributed by atoms with Gasteiger partial charge in [-0.2, -0.15) is 11.3 Å². The molecule has 2 unspecified atom stereocenters. The lowest BCUT2D eigenvalue weighted by Gasteiger charge is -2.31. The highest BCUT2D eigenvalue weighted by atomic mass is 32.2. The molecule has 1 N–H and O–H groups in total. The maximum Gasteiger partial charge on any atom is 0.234 e. The summed E-state index contributed by atoms with van der Waals surface area (Å²) in [6, 6.07) is 7.79. The molecular weight excluding hydrogens is 330 g/mol. The van der Waals surface area contributed by atoms with Crippen LogP contribution in [0.2, 0.25) is 0 Å². The third-order valence-electron chi connectivity index (χ3n) is 3.94. The quantitative estimate of drug-likeness (QED) is 0.899. The van der Waals surface area contributed by atoms with E-state index in [2.05, 4.69) is 16.8 Å². The van der Waals surface area contributed by atoms with Crippen LogP contribution in [0.25, 0.3) is 0 Å². The highest BCUT2D eigenvalue weighted by Crippen LogP contribution is 2.50. The smallest absolute Gasteiger partial charge is 0.234 e. The van der Waals surface area contributed by atoms with Gasteiger partial charge in [0.1, 0.15) is 16.4 Å². The van der Waals surface area contributed by atoms with Crippen molar-refractivity contribution in [2.24, 2.45) is 0 Å². The molecule has 0 radical (unpaired) electrons. The van der Waals surface area contributed by atoms with Crippen molar-refractivity contribution in [1.82, 2.24) is 5.32 Å². The number of thioether (sulfide) groups is 1. The van der Waals surface area contributed by atoms with E-state index in [9.17, 15) is 4.79 Å². The topological polar surface area (TPSA) is 47.6 Å². The van der Waals surface area contributed by atoms with Gasteiger partial charge in [-0.3, -0.25) is 4.79 Å². The summed E-state index contributed by atoms with van der Waals surface area (Å²) in [6.07, 6.45) is 0.688. The first-order valence-corrected chi connectivity index (χ1v) is 9.14. The van der Waals surface area contributed by atoms with Gasteiger partial charge in [-0.1, -0.05) is 6.07 Å². The second-order valence-corrected chi connectivity index (χ2v) is 7.84. The van der Waals surface area contributed by atoms with Crippen LogP contribution in [0.4, 0.5) is 0 Å². The molecular formula is C17H19NO3S2. The molecule has 0 saturated carbocycles. The van der Waals surface area contributed by atoms with Gasteiger partial charge in [-0.05, 0) is 41.4 Å². The normalized spacial score (nSPS) is 23.6. The summed E-state index contributed by atoms with van der Waals surface area (Å²) >= 11 is 3.27. The summed E-state index contributed by atoms with van der Waals surface area (Å²) in [5.74, 6) is 1.49. The Labute approximate surface area is 144 Å². The Morgan fingerprint density at radius 2 is 1.91 bits per heavy atom. The van der Waals surface area contributed by atoms with E-state index >= 15 is 0 Å². The van der Waals surface area contributed by atoms with Gasteiger partial charge in [0.2, 0.25) is 5.91 Å². The minimum absolute atomic E-state index is 0.0400. The summed E-state index contributed by atoms with van der Waals surface area (Å²) in [7, 11) is 3.28. The SMILES string of the molecule is COc1cccc(OC)c1C1(Cc2ccsc2)NC(=O)C(C)S1. The largest absolute Gasteiger partial charge is 0.496 e. The van der Waals surface area contributed by atoms with Crippen molar-refractivity contribution in [3.05, 3.63) is 46.2 Å². The average molecular weight is 349 g/mol. The molecule has 0 spiro atoms. The lowest BCUT2D eigenvalue weighted by molar-refractivity contribution is -0.120. The van der Waals surface area contributed by atoms with Crippen molar-refractivity contribution in [1.29, 1.82) is 0 Å². The van der Waals surface area contributed by atoms with E-state index in [1.165, 1.54) is 5.56 Å². The van der Waals surface area contributed by atoms with Crippen molar-refractivity contribution < 1.29 is 14.3 Å². The molecule has 4 nitrogen and oxygen atoms in total. The minimum atomic E-state index is -0.588. The van der Waals surface area contributed by atoms with Gasteiger partial charge < -0.3 is 14.8 Å². The van der Waals surface area contributed by atoms with Crippen LogP contribution in [0.15, 0.2) is 35.0 Å². The van der Waals surface area contributed by atoms with Crippen LogP contribution in [0, 0.1) is 0 Å². The molecule has 0 aliphatic carbocycles. The maximum absolute atomic E-state index is 12.3. The second-order valence-electron chi connectivity index (χ2n) is 5.42. The molecule has 3 rings (SSSR count). The zero-order valence-electron chi connectivity index (χ0n) is 13.3. The first-order chi connectivity index (χ1) is 11.1. The minimum Gasteiger partial charge on any atom is -0.496 e. The fraction of sp³-hybridized carbons (Fsp3) is 0.353. The van der Waals surface area contributed by atoms with E-state index in [1.54, 1.807) is 37.3 Å². The third kappa shape index (κ3) is 2.93. The van der Waals surface area contributed by atoms with E-state index in [0.29, 0.717) is 6.42 Å². The lowest BCUT2D eigenvalue weighted by Crippen LogP contribution is -2.39. The summed E-state index contributed by atoms with van der Waals surface area (Å²) in [4.78, 5) is 11.7. The number of rotatable bonds is 5. The maximum atomic E-state index is 12.3. The van der Waals surface area contributed by atoms with Crippen molar-refractivity contribution >= 4 is 29.0 Å². The number of ether oxygens (including phenoxy) is 2. The number of methoxy groups -OCH3 is 2. The first kappa shape index (κ1) is 16.2.